The van der Waals surface area contributed by atoms with E-state index in [1.165, 1.54) is 104 Å². The van der Waals surface area contributed by atoms with Crippen LogP contribution in [-0.4, -0.2) is 9.13 Å². The summed E-state index contributed by atoms with van der Waals surface area (Å²) in [4.78, 5) is 2.36. The van der Waals surface area contributed by atoms with Gasteiger partial charge in [-0.15, -0.1) is 0 Å². The van der Waals surface area contributed by atoms with Crippen molar-refractivity contribution in [2.24, 2.45) is 0 Å². The summed E-state index contributed by atoms with van der Waals surface area (Å²) in [5, 5.41) is 12.3. The second-order valence-electron chi connectivity index (χ2n) is 21.3. The van der Waals surface area contributed by atoms with Gasteiger partial charge in [0.1, 0.15) is 0 Å². The molecule has 0 aliphatic carbocycles. The number of fused-ring (bicyclic) bond motifs is 9. The lowest BCUT2D eigenvalue weighted by molar-refractivity contribution is 1.19. The van der Waals surface area contributed by atoms with Crippen molar-refractivity contribution >= 4 is 93.0 Å². The number of nitrogens with zero attached hydrogens (tertiary/aromatic N) is 3. The van der Waals surface area contributed by atoms with Gasteiger partial charge in [0, 0.05) is 49.7 Å². The second-order valence-corrected chi connectivity index (χ2v) is 21.3. The van der Waals surface area contributed by atoms with Crippen LogP contribution in [0.2, 0.25) is 0 Å². The number of para-hydroxylation sites is 3. The molecule has 3 heteroatoms. The summed E-state index contributed by atoms with van der Waals surface area (Å²) in [6.07, 6.45) is 0. The lowest BCUT2D eigenvalue weighted by Gasteiger charge is -2.27. The maximum Gasteiger partial charge on any atom is 0.0541 e. The number of benzene rings is 14. The van der Waals surface area contributed by atoms with E-state index in [2.05, 4.69) is 323 Å². The molecule has 0 atom stereocenters. The topological polar surface area (TPSA) is 13.1 Å². The van der Waals surface area contributed by atoms with Crippen molar-refractivity contribution in [3.05, 3.63) is 309 Å². The smallest absolute Gasteiger partial charge is 0.0541 e. The van der Waals surface area contributed by atoms with Gasteiger partial charge in [-0.05, 0) is 181 Å². The van der Waals surface area contributed by atoms with Crippen LogP contribution in [0.4, 0.5) is 17.1 Å². The van der Waals surface area contributed by atoms with Crippen molar-refractivity contribution in [2.45, 2.75) is 0 Å². The molecule has 0 radical (unpaired) electrons. The van der Waals surface area contributed by atoms with Crippen molar-refractivity contribution in [2.75, 3.05) is 4.90 Å². The standard InChI is InChI=1S/C78H51N3/c1-2-21-65(22-3-1)79(74-28-14-20-57-17-8-9-23-69(57)74)66-39-33-55(34-40-66)54-29-31-56(32-30-54)62-45-63(60-37-43-77-72(50-60)70-24-10-12-26-75(70)80(77)67-41-35-52-15-4-6-18-58(52)48-67)47-64(46-62)61-38-44-78-73(51-61)71-25-11-13-27-76(71)81(78)68-42-36-53-16-5-7-19-59(53)49-68/h1-51H. The van der Waals surface area contributed by atoms with Crippen LogP contribution < -0.4 is 4.90 Å². The highest BCUT2D eigenvalue weighted by Gasteiger charge is 2.19. The summed E-state index contributed by atoms with van der Waals surface area (Å²) >= 11 is 0. The van der Waals surface area contributed by atoms with Crippen LogP contribution in [0.1, 0.15) is 0 Å². The first-order valence-corrected chi connectivity index (χ1v) is 27.9. The SMILES string of the molecule is c1ccc(N(c2ccc(-c3ccc(-c4cc(-c5ccc6c(c5)c5ccccc5n6-c5ccc6ccccc6c5)cc(-c5ccc6c(c5)c5ccccc5n6-c5ccc6ccccc6c5)c4)cc3)cc2)c2cccc3ccccc23)cc1. The van der Waals surface area contributed by atoms with Gasteiger partial charge in [0.05, 0.1) is 27.8 Å². The highest BCUT2D eigenvalue weighted by Crippen LogP contribution is 2.43. The third-order valence-corrected chi connectivity index (χ3v) is 16.6. The largest absolute Gasteiger partial charge is 0.310 e. The fourth-order valence-electron chi connectivity index (χ4n) is 12.7. The van der Waals surface area contributed by atoms with Crippen LogP contribution >= 0.6 is 0 Å². The van der Waals surface area contributed by atoms with Crippen LogP contribution in [0.3, 0.4) is 0 Å². The van der Waals surface area contributed by atoms with E-state index < -0.39 is 0 Å². The summed E-state index contributed by atoms with van der Waals surface area (Å²) in [5.41, 5.74) is 19.8. The van der Waals surface area contributed by atoms with E-state index in [9.17, 15) is 0 Å². The number of hydrogen-bond acceptors (Lipinski definition) is 1. The van der Waals surface area contributed by atoms with E-state index in [-0.39, 0.29) is 0 Å². The molecule has 0 saturated carbocycles. The molecule has 0 spiro atoms. The molecular weight excluding hydrogens is 979 g/mol. The van der Waals surface area contributed by atoms with Crippen LogP contribution in [0.15, 0.2) is 309 Å². The van der Waals surface area contributed by atoms with Crippen LogP contribution in [0.5, 0.6) is 0 Å². The fourth-order valence-corrected chi connectivity index (χ4v) is 12.7. The van der Waals surface area contributed by atoms with Crippen molar-refractivity contribution in [1.29, 1.82) is 0 Å². The average Bonchev–Trinajstić information content (AvgIpc) is 4.02. The molecule has 0 N–H and O–H groups in total. The maximum atomic E-state index is 2.42. The molecule has 0 bridgehead atoms. The predicted octanol–water partition coefficient (Wildman–Crippen LogP) is 21.5. The van der Waals surface area contributed by atoms with Crippen molar-refractivity contribution in [3.8, 4) is 55.9 Å². The number of aromatic nitrogens is 2. The predicted molar refractivity (Wildman–Crippen MR) is 344 cm³/mol. The van der Waals surface area contributed by atoms with Crippen LogP contribution in [0, 0.1) is 0 Å². The lowest BCUT2D eigenvalue weighted by atomic mass is 9.91. The molecule has 0 saturated heterocycles. The van der Waals surface area contributed by atoms with E-state index in [0.717, 1.165) is 45.1 Å². The molecule has 0 fully saturated rings. The Morgan fingerprint density at radius 2 is 0.580 bits per heavy atom. The summed E-state index contributed by atoms with van der Waals surface area (Å²) in [6.45, 7) is 0. The summed E-state index contributed by atoms with van der Waals surface area (Å²) < 4.78 is 4.84. The monoisotopic (exact) mass is 1030 g/mol. The molecule has 3 nitrogen and oxygen atoms in total. The Morgan fingerprint density at radius 3 is 1.12 bits per heavy atom. The van der Waals surface area contributed by atoms with Gasteiger partial charge in [-0.1, -0.05) is 200 Å². The molecular formula is C78H51N3. The quantitative estimate of drug-likeness (QED) is 0.140. The molecule has 16 aromatic rings. The molecule has 0 aliphatic rings. The van der Waals surface area contributed by atoms with Crippen molar-refractivity contribution in [3.63, 3.8) is 0 Å². The minimum atomic E-state index is 1.11. The van der Waals surface area contributed by atoms with Gasteiger partial charge in [-0.3, -0.25) is 0 Å². The van der Waals surface area contributed by atoms with E-state index in [4.69, 9.17) is 0 Å². The summed E-state index contributed by atoms with van der Waals surface area (Å²) in [5.74, 6) is 0. The second kappa shape index (κ2) is 19.0. The minimum Gasteiger partial charge on any atom is -0.310 e. The van der Waals surface area contributed by atoms with Gasteiger partial charge in [-0.25, -0.2) is 0 Å². The van der Waals surface area contributed by atoms with Gasteiger partial charge in [0.2, 0.25) is 0 Å². The zero-order valence-corrected chi connectivity index (χ0v) is 44.3. The van der Waals surface area contributed by atoms with Crippen LogP contribution in [-0.2, 0) is 0 Å². The third-order valence-electron chi connectivity index (χ3n) is 16.6. The van der Waals surface area contributed by atoms with Crippen molar-refractivity contribution < 1.29 is 0 Å². The first-order chi connectivity index (χ1) is 40.1. The first-order valence-electron chi connectivity index (χ1n) is 27.9. The van der Waals surface area contributed by atoms with E-state index >= 15 is 0 Å². The fraction of sp³-hybridized carbons (Fsp3) is 0. The van der Waals surface area contributed by atoms with Gasteiger partial charge < -0.3 is 14.0 Å². The molecule has 16 rings (SSSR count). The summed E-state index contributed by atoms with van der Waals surface area (Å²) in [6, 6.07) is 114. The van der Waals surface area contributed by atoms with E-state index in [1.54, 1.807) is 0 Å². The molecule has 378 valence electrons. The van der Waals surface area contributed by atoms with Crippen molar-refractivity contribution in [1.82, 2.24) is 9.13 Å². The van der Waals surface area contributed by atoms with Gasteiger partial charge in [-0.2, -0.15) is 0 Å². The highest BCUT2D eigenvalue weighted by molar-refractivity contribution is 6.12. The Hall–Kier alpha value is -10.7. The Bertz CT molecular complexity index is 4880. The normalized spacial score (nSPS) is 11.7. The Kier molecular flexibility index (Phi) is 10.9. The molecule has 2 aromatic heterocycles. The minimum absolute atomic E-state index is 1.11. The molecule has 0 aliphatic heterocycles. The third kappa shape index (κ3) is 7.97. The number of anilines is 3. The Morgan fingerprint density at radius 1 is 0.198 bits per heavy atom. The molecule has 0 unspecified atom stereocenters. The maximum absolute atomic E-state index is 2.42. The number of hydrogen-bond donors (Lipinski definition) is 0. The lowest BCUT2D eigenvalue weighted by Crippen LogP contribution is -2.10. The van der Waals surface area contributed by atoms with Crippen LogP contribution in [0.25, 0.3) is 132 Å². The Balaban J connectivity index is 0.817. The first kappa shape index (κ1) is 46.4. The Labute approximate surface area is 469 Å². The average molecular weight is 1030 g/mol. The van der Waals surface area contributed by atoms with E-state index in [0.29, 0.717) is 0 Å². The molecule has 14 aromatic carbocycles. The number of rotatable bonds is 9. The van der Waals surface area contributed by atoms with Gasteiger partial charge >= 0.3 is 0 Å². The molecule has 0 amide bonds. The molecule has 81 heavy (non-hydrogen) atoms. The molecule has 2 heterocycles. The zero-order valence-electron chi connectivity index (χ0n) is 44.3. The van der Waals surface area contributed by atoms with Gasteiger partial charge in [0.25, 0.3) is 0 Å². The van der Waals surface area contributed by atoms with E-state index in [1.807, 2.05) is 0 Å². The van der Waals surface area contributed by atoms with Gasteiger partial charge in [0.15, 0.2) is 0 Å². The zero-order chi connectivity index (χ0) is 53.4. The summed E-state index contributed by atoms with van der Waals surface area (Å²) in [7, 11) is 0. The highest BCUT2D eigenvalue weighted by atomic mass is 15.1.